The van der Waals surface area contributed by atoms with Crippen LogP contribution in [0.4, 0.5) is 17.6 Å². The summed E-state index contributed by atoms with van der Waals surface area (Å²) in [5.41, 5.74) is -0.224. The first kappa shape index (κ1) is 16.0. The van der Waals surface area contributed by atoms with E-state index in [2.05, 4.69) is 4.98 Å². The van der Waals surface area contributed by atoms with Gasteiger partial charge in [-0.15, -0.1) is 0 Å². The Morgan fingerprint density at radius 2 is 1.83 bits per heavy atom. The van der Waals surface area contributed by atoms with Gasteiger partial charge in [-0.05, 0) is 29.3 Å². The first-order valence-corrected chi connectivity index (χ1v) is 6.96. The van der Waals surface area contributed by atoms with Gasteiger partial charge in [0.1, 0.15) is 5.82 Å². The third-order valence-corrected chi connectivity index (χ3v) is 3.70. The van der Waals surface area contributed by atoms with Gasteiger partial charge in [0, 0.05) is 5.39 Å². The van der Waals surface area contributed by atoms with E-state index in [1.807, 2.05) is 0 Å². The molecule has 1 heterocycles. The third kappa shape index (κ3) is 2.84. The van der Waals surface area contributed by atoms with E-state index < -0.39 is 29.9 Å². The summed E-state index contributed by atoms with van der Waals surface area (Å²) in [5.74, 6) is -1.76. The fraction of sp³-hybridized carbons (Fsp3) is 0.118. The highest BCUT2D eigenvalue weighted by Crippen LogP contribution is 2.35. The van der Waals surface area contributed by atoms with Gasteiger partial charge in [-0.3, -0.25) is 4.79 Å². The van der Waals surface area contributed by atoms with Crippen molar-refractivity contribution in [3.05, 3.63) is 59.4 Å². The number of carbonyl (C=O) groups is 1. The maximum atomic E-state index is 13.9. The number of fused-ring (bicyclic) bond motifs is 1. The van der Waals surface area contributed by atoms with Crippen molar-refractivity contribution in [3.63, 3.8) is 0 Å². The maximum Gasteiger partial charge on any atom is 0.416 e. The summed E-state index contributed by atoms with van der Waals surface area (Å²) in [5, 5.41) is 9.42. The van der Waals surface area contributed by atoms with Gasteiger partial charge in [-0.25, -0.2) is 4.39 Å². The zero-order chi connectivity index (χ0) is 17.5. The zero-order valence-corrected chi connectivity index (χ0v) is 12.1. The molecule has 2 N–H and O–H groups in total. The lowest BCUT2D eigenvalue weighted by Gasteiger charge is -2.09. The molecule has 0 atom stereocenters. The lowest BCUT2D eigenvalue weighted by atomic mass is 10.0. The average Bonchev–Trinajstić information content (AvgIpc) is 2.86. The molecule has 0 saturated heterocycles. The van der Waals surface area contributed by atoms with Crippen molar-refractivity contribution in [1.29, 1.82) is 0 Å². The van der Waals surface area contributed by atoms with Gasteiger partial charge in [0.05, 0.1) is 23.2 Å². The van der Waals surface area contributed by atoms with E-state index in [0.29, 0.717) is 5.39 Å². The number of aromatic amines is 1. The Bertz CT molecular complexity index is 928. The minimum absolute atomic E-state index is 0.0705. The molecule has 0 aliphatic heterocycles. The molecule has 0 saturated carbocycles. The number of para-hydroxylation sites is 1. The molecule has 0 unspecified atom stereocenters. The zero-order valence-electron chi connectivity index (χ0n) is 12.1. The molecule has 1 aromatic heterocycles. The summed E-state index contributed by atoms with van der Waals surface area (Å²) in [7, 11) is 0. The molecular weight excluding hydrogens is 326 g/mol. The Morgan fingerprint density at radius 1 is 1.12 bits per heavy atom. The minimum Gasteiger partial charge on any atom is -0.481 e. The summed E-state index contributed by atoms with van der Waals surface area (Å²) in [6.45, 7) is 0. The number of aromatic nitrogens is 1. The van der Waals surface area contributed by atoms with Crippen LogP contribution in [-0.2, 0) is 17.4 Å². The van der Waals surface area contributed by atoms with Gasteiger partial charge in [0.2, 0.25) is 0 Å². The van der Waals surface area contributed by atoms with E-state index >= 15 is 0 Å². The fourth-order valence-electron chi connectivity index (χ4n) is 2.67. The predicted octanol–water partition coefficient (Wildman–Crippen LogP) is 4.62. The maximum absolute atomic E-state index is 13.9. The van der Waals surface area contributed by atoms with E-state index in [1.165, 1.54) is 30.3 Å². The number of alkyl halides is 3. The molecule has 0 aliphatic carbocycles. The lowest BCUT2D eigenvalue weighted by molar-refractivity contribution is -0.138. The molecular formula is C17H11F4NO2. The number of carboxylic acids is 1. The number of hydrogen-bond acceptors (Lipinski definition) is 1. The van der Waals surface area contributed by atoms with E-state index in [-0.39, 0.29) is 22.3 Å². The summed E-state index contributed by atoms with van der Waals surface area (Å²) >= 11 is 0. The molecule has 3 nitrogen and oxygen atoms in total. The highest BCUT2D eigenvalue weighted by molar-refractivity contribution is 5.94. The van der Waals surface area contributed by atoms with Crippen molar-refractivity contribution in [1.82, 2.24) is 4.98 Å². The molecule has 0 bridgehead atoms. The van der Waals surface area contributed by atoms with Gasteiger partial charge in [-0.2, -0.15) is 13.2 Å². The number of hydrogen-bond donors (Lipinski definition) is 2. The Labute approximate surface area is 133 Å². The van der Waals surface area contributed by atoms with Crippen LogP contribution in [0, 0.1) is 5.82 Å². The van der Waals surface area contributed by atoms with Crippen molar-refractivity contribution in [2.45, 2.75) is 12.6 Å². The van der Waals surface area contributed by atoms with Crippen LogP contribution in [0.15, 0.2) is 42.5 Å². The second kappa shape index (κ2) is 5.67. The topological polar surface area (TPSA) is 53.1 Å². The first-order valence-electron chi connectivity index (χ1n) is 6.96. The Morgan fingerprint density at radius 3 is 2.50 bits per heavy atom. The van der Waals surface area contributed by atoms with Crippen molar-refractivity contribution in [3.8, 4) is 11.3 Å². The van der Waals surface area contributed by atoms with Crippen LogP contribution in [0.2, 0.25) is 0 Å². The van der Waals surface area contributed by atoms with Gasteiger partial charge in [0.25, 0.3) is 0 Å². The Hall–Kier alpha value is -2.83. The molecule has 0 aliphatic rings. The highest BCUT2D eigenvalue weighted by Gasteiger charge is 2.31. The number of halogens is 4. The fourth-order valence-corrected chi connectivity index (χ4v) is 2.67. The van der Waals surface area contributed by atoms with Gasteiger partial charge < -0.3 is 10.1 Å². The second-order valence-corrected chi connectivity index (χ2v) is 5.29. The lowest BCUT2D eigenvalue weighted by Crippen LogP contribution is -2.05. The Kier molecular flexibility index (Phi) is 3.79. The number of rotatable bonds is 3. The number of nitrogens with one attached hydrogen (secondary N) is 1. The number of carboxylic acid groups (broad SMARTS) is 1. The van der Waals surface area contributed by atoms with Crippen LogP contribution in [0.5, 0.6) is 0 Å². The third-order valence-electron chi connectivity index (χ3n) is 3.70. The van der Waals surface area contributed by atoms with Crippen molar-refractivity contribution < 1.29 is 27.5 Å². The molecule has 124 valence electrons. The number of benzene rings is 2. The summed E-state index contributed by atoms with van der Waals surface area (Å²) < 4.78 is 52.6. The smallest absolute Gasteiger partial charge is 0.416 e. The van der Waals surface area contributed by atoms with Crippen LogP contribution >= 0.6 is 0 Å². The number of aliphatic carboxylic acids is 1. The predicted molar refractivity (Wildman–Crippen MR) is 80.0 cm³/mol. The molecule has 0 amide bonds. The van der Waals surface area contributed by atoms with Crippen LogP contribution < -0.4 is 0 Å². The van der Waals surface area contributed by atoms with Crippen LogP contribution in [0.1, 0.15) is 11.1 Å². The second-order valence-electron chi connectivity index (χ2n) is 5.29. The first-order chi connectivity index (χ1) is 11.3. The molecule has 24 heavy (non-hydrogen) atoms. The molecule has 7 heteroatoms. The van der Waals surface area contributed by atoms with E-state index in [9.17, 15) is 22.4 Å². The van der Waals surface area contributed by atoms with E-state index in [0.717, 1.165) is 12.1 Å². The van der Waals surface area contributed by atoms with Gasteiger partial charge >= 0.3 is 12.1 Å². The van der Waals surface area contributed by atoms with E-state index in [4.69, 9.17) is 5.11 Å². The standard InChI is InChI=1S/C17H11F4NO2/c18-13-6-2-5-11-12(8-14(23)24)15(22-16(11)13)9-3-1-4-10(7-9)17(19,20)21/h1-7,22H,8H2,(H,23,24). The SMILES string of the molecule is O=C(O)Cc1c(-c2cccc(C(F)(F)F)c2)[nH]c2c(F)cccc12. The summed E-state index contributed by atoms with van der Waals surface area (Å²) in [6.07, 6.45) is -4.96. The van der Waals surface area contributed by atoms with E-state index in [1.54, 1.807) is 0 Å². The quantitative estimate of drug-likeness (QED) is 0.685. The van der Waals surface area contributed by atoms with Crippen LogP contribution in [0.3, 0.4) is 0 Å². The molecule has 3 rings (SSSR count). The average molecular weight is 337 g/mol. The highest BCUT2D eigenvalue weighted by atomic mass is 19.4. The molecule has 0 radical (unpaired) electrons. The molecule has 2 aromatic carbocycles. The van der Waals surface area contributed by atoms with Gasteiger partial charge in [0.15, 0.2) is 0 Å². The summed E-state index contributed by atoms with van der Waals surface area (Å²) in [4.78, 5) is 13.8. The van der Waals surface area contributed by atoms with Gasteiger partial charge in [-0.1, -0.05) is 24.3 Å². The van der Waals surface area contributed by atoms with Crippen LogP contribution in [-0.4, -0.2) is 16.1 Å². The molecule has 0 spiro atoms. The summed E-state index contributed by atoms with van der Waals surface area (Å²) in [6, 6.07) is 8.63. The minimum atomic E-state index is -4.53. The molecule has 3 aromatic rings. The molecule has 0 fully saturated rings. The largest absolute Gasteiger partial charge is 0.481 e. The van der Waals surface area contributed by atoms with Crippen molar-refractivity contribution >= 4 is 16.9 Å². The Balaban J connectivity index is 2.26. The van der Waals surface area contributed by atoms with Crippen molar-refractivity contribution in [2.24, 2.45) is 0 Å². The van der Waals surface area contributed by atoms with Crippen LogP contribution in [0.25, 0.3) is 22.2 Å². The normalized spacial score (nSPS) is 11.8. The number of H-pyrrole nitrogens is 1. The van der Waals surface area contributed by atoms with Crippen molar-refractivity contribution in [2.75, 3.05) is 0 Å². The monoisotopic (exact) mass is 337 g/mol.